The maximum atomic E-state index is 13.0. The largest absolute Gasteiger partial charge is 0.416 e. The van der Waals surface area contributed by atoms with Gasteiger partial charge in [0.05, 0.1) is 17.6 Å². The summed E-state index contributed by atoms with van der Waals surface area (Å²) in [6, 6.07) is 18.8. The Morgan fingerprint density at radius 2 is 1.48 bits per heavy atom. The lowest BCUT2D eigenvalue weighted by Gasteiger charge is -2.34. The van der Waals surface area contributed by atoms with Gasteiger partial charge in [0.25, 0.3) is 15.9 Å². The highest BCUT2D eigenvalue weighted by molar-refractivity contribution is 7.93. The Balaban J connectivity index is 1.13. The van der Waals surface area contributed by atoms with Crippen LogP contribution in [0.15, 0.2) is 90.0 Å². The molecule has 0 unspecified atom stereocenters. The highest BCUT2D eigenvalue weighted by Gasteiger charge is 2.30. The van der Waals surface area contributed by atoms with Crippen LogP contribution in [0.1, 0.15) is 15.9 Å². The van der Waals surface area contributed by atoms with Crippen LogP contribution in [0.25, 0.3) is 10.9 Å². The molecule has 2 N–H and O–H groups in total. The highest BCUT2D eigenvalue weighted by Crippen LogP contribution is 2.30. The second kappa shape index (κ2) is 11.8. The maximum absolute atomic E-state index is 13.0. The summed E-state index contributed by atoms with van der Waals surface area (Å²) in [5, 5.41) is 3.28. The van der Waals surface area contributed by atoms with Gasteiger partial charge in [0.1, 0.15) is 4.90 Å². The van der Waals surface area contributed by atoms with Crippen LogP contribution in [0.4, 0.5) is 24.5 Å². The van der Waals surface area contributed by atoms with Gasteiger partial charge in [0.15, 0.2) is 0 Å². The number of anilines is 2. The summed E-state index contributed by atoms with van der Waals surface area (Å²) in [7, 11) is -3.93. The lowest BCUT2D eigenvalue weighted by atomic mass is 10.1. The monoisotopic (exact) mass is 597 g/mol. The van der Waals surface area contributed by atoms with Crippen molar-refractivity contribution in [1.29, 1.82) is 0 Å². The first-order valence-electron chi connectivity index (χ1n) is 12.9. The third-order valence-electron chi connectivity index (χ3n) is 6.79. The molecule has 1 saturated heterocycles. The fourth-order valence-corrected chi connectivity index (χ4v) is 5.86. The Bertz CT molecular complexity index is 1700. The van der Waals surface area contributed by atoms with Gasteiger partial charge in [-0.1, -0.05) is 18.2 Å². The second-order valence-electron chi connectivity index (χ2n) is 9.71. The maximum Gasteiger partial charge on any atom is 0.416 e. The molecule has 3 aromatic carbocycles. The smallest absolute Gasteiger partial charge is 0.336 e. The van der Waals surface area contributed by atoms with Gasteiger partial charge in [0, 0.05) is 54.7 Å². The van der Waals surface area contributed by atoms with E-state index in [4.69, 9.17) is 0 Å². The van der Waals surface area contributed by atoms with Crippen LogP contribution in [0.5, 0.6) is 0 Å². The number of benzene rings is 3. The Labute approximate surface area is 240 Å². The lowest BCUT2D eigenvalue weighted by Crippen LogP contribution is -2.50. The fourth-order valence-electron chi connectivity index (χ4n) is 4.62. The number of hydrogen-bond acceptors (Lipinski definition) is 6. The average Bonchev–Trinajstić information content (AvgIpc) is 2.97. The predicted molar refractivity (Wildman–Crippen MR) is 151 cm³/mol. The number of nitrogens with one attached hydrogen (secondary N) is 2. The minimum atomic E-state index is -4.45. The van der Waals surface area contributed by atoms with Gasteiger partial charge in [-0.2, -0.15) is 13.2 Å². The summed E-state index contributed by atoms with van der Waals surface area (Å²) < 4.78 is 66.8. The van der Waals surface area contributed by atoms with E-state index in [0.717, 1.165) is 12.1 Å². The Morgan fingerprint density at radius 1 is 0.833 bits per heavy atom. The van der Waals surface area contributed by atoms with Crippen molar-refractivity contribution in [2.45, 2.75) is 11.1 Å². The number of amides is 2. The summed E-state index contributed by atoms with van der Waals surface area (Å²) >= 11 is 0. The molecule has 4 aromatic rings. The van der Waals surface area contributed by atoms with Crippen LogP contribution in [-0.2, 0) is 21.0 Å². The molecule has 1 aromatic heterocycles. The van der Waals surface area contributed by atoms with Crippen LogP contribution in [0.2, 0.25) is 0 Å². The number of aromatic nitrogens is 1. The third kappa shape index (κ3) is 6.69. The average molecular weight is 598 g/mol. The second-order valence-corrected chi connectivity index (χ2v) is 11.4. The van der Waals surface area contributed by atoms with Crippen molar-refractivity contribution in [2.75, 3.05) is 42.8 Å². The Hall–Kier alpha value is -4.49. The molecule has 0 aliphatic carbocycles. The number of alkyl halides is 3. The summed E-state index contributed by atoms with van der Waals surface area (Å²) in [5.41, 5.74) is 0.508. The van der Waals surface area contributed by atoms with Crippen LogP contribution in [0.3, 0.4) is 0 Å². The van der Waals surface area contributed by atoms with Crippen molar-refractivity contribution >= 4 is 44.1 Å². The van der Waals surface area contributed by atoms with Crippen LogP contribution >= 0.6 is 0 Å². The van der Waals surface area contributed by atoms with Gasteiger partial charge in [-0.25, -0.2) is 8.42 Å². The Morgan fingerprint density at radius 3 is 2.14 bits per heavy atom. The molecule has 218 valence electrons. The molecule has 0 spiro atoms. The van der Waals surface area contributed by atoms with Crippen molar-refractivity contribution in [3.63, 3.8) is 0 Å². The van der Waals surface area contributed by atoms with Crippen LogP contribution < -0.4 is 10.0 Å². The van der Waals surface area contributed by atoms with Gasteiger partial charge in [0.2, 0.25) is 5.91 Å². The zero-order chi connectivity index (χ0) is 29.9. The minimum absolute atomic E-state index is 0.0319. The predicted octanol–water partition coefficient (Wildman–Crippen LogP) is 4.45. The number of nitrogens with zero attached hydrogens (tertiary/aromatic N) is 3. The highest BCUT2D eigenvalue weighted by atomic mass is 32.2. The van der Waals surface area contributed by atoms with E-state index in [0.29, 0.717) is 48.3 Å². The van der Waals surface area contributed by atoms with Crippen molar-refractivity contribution < 1.29 is 31.2 Å². The van der Waals surface area contributed by atoms with E-state index in [1.807, 2.05) is 4.90 Å². The molecule has 5 rings (SSSR count). The molecule has 1 fully saturated rings. The molecule has 1 aliphatic heterocycles. The quantitative estimate of drug-likeness (QED) is 0.326. The minimum Gasteiger partial charge on any atom is -0.336 e. The SMILES string of the molecule is O=C(CN1CCN(C(=O)c2ccc(NS(=O)(=O)c3cccc4cccnc34)cc2)CC1)Nc1ccc(C(F)(F)F)cc1. The van der Waals surface area contributed by atoms with Gasteiger partial charge in [-0.15, -0.1) is 0 Å². The topological polar surface area (TPSA) is 112 Å². The summed E-state index contributed by atoms with van der Waals surface area (Å²) in [5.74, 6) is -0.594. The van der Waals surface area contributed by atoms with E-state index in [-0.39, 0.29) is 28.9 Å². The number of pyridine rings is 1. The molecule has 0 atom stereocenters. The summed E-state index contributed by atoms with van der Waals surface area (Å²) in [6.07, 6.45) is -2.92. The molecule has 13 heteroatoms. The van der Waals surface area contributed by atoms with Gasteiger partial charge in [-0.05, 0) is 60.7 Å². The van der Waals surface area contributed by atoms with Gasteiger partial charge < -0.3 is 10.2 Å². The first-order chi connectivity index (χ1) is 20.0. The molecule has 1 aliphatic rings. The zero-order valence-corrected chi connectivity index (χ0v) is 23.0. The van der Waals surface area contributed by atoms with E-state index < -0.39 is 21.8 Å². The number of rotatable bonds is 7. The molecule has 0 radical (unpaired) electrons. The number of fused-ring (bicyclic) bond motifs is 1. The fraction of sp³-hybridized carbons (Fsp3) is 0.207. The summed E-state index contributed by atoms with van der Waals surface area (Å²) in [4.78, 5) is 33.2. The number of hydrogen-bond donors (Lipinski definition) is 2. The molecule has 42 heavy (non-hydrogen) atoms. The van der Waals surface area contributed by atoms with Crippen molar-refractivity contribution in [3.8, 4) is 0 Å². The number of carbonyl (C=O) groups is 2. The molecule has 0 bridgehead atoms. The third-order valence-corrected chi connectivity index (χ3v) is 8.20. The molecule has 9 nitrogen and oxygen atoms in total. The molecule has 2 heterocycles. The first-order valence-corrected chi connectivity index (χ1v) is 14.4. The van der Waals surface area contributed by atoms with Crippen LogP contribution in [0, 0.1) is 0 Å². The lowest BCUT2D eigenvalue weighted by molar-refractivity contribution is -0.137. The van der Waals surface area contributed by atoms with E-state index in [1.165, 1.54) is 36.5 Å². The van der Waals surface area contributed by atoms with E-state index in [1.54, 1.807) is 41.3 Å². The molecular formula is C29H26F3N5O4S. The number of sulfonamides is 1. The number of piperazine rings is 1. The number of para-hydroxylation sites is 1. The van der Waals surface area contributed by atoms with Gasteiger partial charge in [-0.3, -0.25) is 24.2 Å². The van der Waals surface area contributed by atoms with Crippen LogP contribution in [-0.4, -0.2) is 67.7 Å². The molecular weight excluding hydrogens is 571 g/mol. The van der Waals surface area contributed by atoms with E-state index in [2.05, 4.69) is 15.0 Å². The number of halogens is 3. The van der Waals surface area contributed by atoms with Crippen molar-refractivity contribution in [2.24, 2.45) is 0 Å². The first kappa shape index (κ1) is 29.0. The van der Waals surface area contributed by atoms with Gasteiger partial charge >= 0.3 is 6.18 Å². The zero-order valence-electron chi connectivity index (χ0n) is 22.1. The van der Waals surface area contributed by atoms with Crippen molar-refractivity contribution in [1.82, 2.24) is 14.8 Å². The number of carbonyl (C=O) groups excluding carboxylic acids is 2. The Kier molecular flexibility index (Phi) is 8.14. The summed E-state index contributed by atoms with van der Waals surface area (Å²) in [6.45, 7) is 1.64. The normalized spacial score (nSPS) is 14.5. The van der Waals surface area contributed by atoms with Crippen molar-refractivity contribution in [3.05, 3.63) is 96.2 Å². The molecule has 0 saturated carbocycles. The van der Waals surface area contributed by atoms with E-state index >= 15 is 0 Å². The van der Waals surface area contributed by atoms with E-state index in [9.17, 15) is 31.2 Å². The molecule has 2 amide bonds. The standard InChI is InChI=1S/C29H26F3N5O4S/c30-29(31,32)22-8-12-23(13-9-22)34-26(38)19-36-15-17-37(18-16-36)28(39)21-6-10-24(11-7-21)35-42(40,41)25-5-1-3-20-4-2-14-33-27(20)25/h1-14,35H,15-19H2,(H,34,38).